The van der Waals surface area contributed by atoms with Crippen LogP contribution in [0.15, 0.2) is 0 Å². The van der Waals surface area contributed by atoms with E-state index >= 15 is 0 Å². The van der Waals surface area contributed by atoms with Crippen molar-refractivity contribution in [1.82, 2.24) is 0 Å². The van der Waals surface area contributed by atoms with E-state index in [1.165, 1.54) is 0 Å². The largest absolute Gasteiger partial charge is 0.564 e. The molecule has 1 radical (unpaired) electrons. The maximum Gasteiger partial charge on any atom is 0 e. The Morgan fingerprint density at radius 2 is 1.80 bits per heavy atom. The van der Waals surface area contributed by atoms with Gasteiger partial charge >= 0.3 is 0 Å². The summed E-state index contributed by atoms with van der Waals surface area (Å²) in [5.74, 6) is 0. The second-order valence-corrected chi connectivity index (χ2v) is 0.365. The Balaban J connectivity index is 0. The van der Waals surface area contributed by atoms with Gasteiger partial charge in [0.15, 0.2) is 0 Å². The van der Waals surface area contributed by atoms with Crippen LogP contribution in [0.25, 0.3) is 0 Å². The molecular formula is C2H5O2V-. The fraction of sp³-hybridized carbons (Fsp3) is 0.500. The van der Waals surface area contributed by atoms with E-state index in [4.69, 9.17) is 10.2 Å². The number of hydrogen-bond acceptors (Lipinski definition) is 2. The first-order valence-electron chi connectivity index (χ1n) is 0.983. The van der Waals surface area contributed by atoms with Gasteiger partial charge in [0.25, 0.3) is 0 Å². The molecule has 2 nitrogen and oxygen atoms in total. The Morgan fingerprint density at radius 3 is 1.80 bits per heavy atom. The Bertz CT molecular complexity index is 9.61. The zero-order valence-electron chi connectivity index (χ0n) is 2.63. The van der Waals surface area contributed by atoms with Gasteiger partial charge in [0.05, 0.1) is 0 Å². The molecule has 3 heteroatoms. The van der Waals surface area contributed by atoms with Gasteiger partial charge in [0.2, 0.25) is 0 Å². The number of hydrogen-bond donors (Lipinski definition) is 2. The molecule has 0 fully saturated rings. The molecule has 0 unspecified atom stereocenters. The van der Waals surface area contributed by atoms with Crippen molar-refractivity contribution < 1.29 is 28.8 Å². The molecule has 2 N–H and O–H groups in total. The average Bonchev–Trinajstić information content (AvgIpc) is 1.37. The maximum absolute atomic E-state index is 7.57. The molecule has 0 saturated heterocycles. The summed E-state index contributed by atoms with van der Waals surface area (Å²) in [4.78, 5) is 0. The van der Waals surface area contributed by atoms with E-state index in [1.807, 2.05) is 0 Å². The zero-order chi connectivity index (χ0) is 3.41. The summed E-state index contributed by atoms with van der Waals surface area (Å²) < 4.78 is 0. The Labute approximate surface area is 42.7 Å². The van der Waals surface area contributed by atoms with Crippen LogP contribution in [0.3, 0.4) is 0 Å². The molecule has 0 spiro atoms. The van der Waals surface area contributed by atoms with E-state index in [-0.39, 0.29) is 25.2 Å². The van der Waals surface area contributed by atoms with Gasteiger partial charge in [-0.1, -0.05) is 6.61 Å². The molecular weight excluding hydrogens is 107 g/mol. The van der Waals surface area contributed by atoms with Crippen LogP contribution in [0.1, 0.15) is 0 Å². The van der Waals surface area contributed by atoms with Crippen molar-refractivity contribution >= 4 is 0 Å². The van der Waals surface area contributed by atoms with Crippen LogP contribution in [0.5, 0.6) is 0 Å². The first kappa shape index (κ1) is 9.09. The predicted molar refractivity (Wildman–Crippen MR) is 13.3 cm³/mol. The summed E-state index contributed by atoms with van der Waals surface area (Å²) in [6, 6.07) is 0. The van der Waals surface area contributed by atoms with Gasteiger partial charge in [0, 0.05) is 18.6 Å². The number of aliphatic hydroxyl groups excluding tert-OH is 2. The average molecular weight is 112 g/mol. The van der Waals surface area contributed by atoms with Gasteiger partial charge in [-0.3, -0.25) is 0 Å². The maximum atomic E-state index is 7.57. The fourth-order valence-corrected chi connectivity index (χ4v) is 0. The SMILES string of the molecule is O[CH-]CO.[V]. The van der Waals surface area contributed by atoms with Crippen LogP contribution in [0, 0.1) is 6.61 Å². The quantitative estimate of drug-likeness (QED) is 0.449. The smallest absolute Gasteiger partial charge is 0 e. The van der Waals surface area contributed by atoms with E-state index in [0.29, 0.717) is 6.61 Å². The molecule has 31 valence electrons. The Kier molecular flexibility index (Phi) is 16.0. The van der Waals surface area contributed by atoms with E-state index in [9.17, 15) is 0 Å². The van der Waals surface area contributed by atoms with Crippen LogP contribution in [0.4, 0.5) is 0 Å². The first-order valence-corrected chi connectivity index (χ1v) is 0.983. The minimum Gasteiger partial charge on any atom is -0.564 e. The summed E-state index contributed by atoms with van der Waals surface area (Å²) >= 11 is 0. The standard InChI is InChI=1S/C2H5O2.V/c3-1-2-4;/h1,3-4H,2H2;/q-1;. The third-order valence-corrected chi connectivity index (χ3v) is 0.0816. The molecule has 0 rings (SSSR count). The molecule has 0 aromatic heterocycles. The van der Waals surface area contributed by atoms with E-state index < -0.39 is 0 Å². The van der Waals surface area contributed by atoms with Gasteiger partial charge < -0.3 is 10.2 Å². The molecule has 0 heterocycles. The molecule has 5 heavy (non-hydrogen) atoms. The summed E-state index contributed by atoms with van der Waals surface area (Å²) in [6.45, 7) is 0.431. The topological polar surface area (TPSA) is 40.5 Å². The number of aliphatic hydroxyl groups is 2. The zero-order valence-corrected chi connectivity index (χ0v) is 4.02. The summed E-state index contributed by atoms with van der Waals surface area (Å²) in [6.07, 6.45) is 0. The van der Waals surface area contributed by atoms with E-state index in [1.54, 1.807) is 0 Å². The first-order chi connectivity index (χ1) is 1.91. The van der Waals surface area contributed by atoms with Crippen LogP contribution < -0.4 is 0 Å². The van der Waals surface area contributed by atoms with Gasteiger partial charge in [0.1, 0.15) is 0 Å². The van der Waals surface area contributed by atoms with Crippen molar-refractivity contribution in [1.29, 1.82) is 0 Å². The molecule has 0 aliphatic heterocycles. The van der Waals surface area contributed by atoms with Crippen molar-refractivity contribution in [2.45, 2.75) is 0 Å². The van der Waals surface area contributed by atoms with Gasteiger partial charge in [-0.25, -0.2) is 0 Å². The molecule has 0 atom stereocenters. The molecule has 0 aromatic carbocycles. The molecule has 0 aliphatic rings. The van der Waals surface area contributed by atoms with Crippen LogP contribution in [-0.2, 0) is 18.6 Å². The second kappa shape index (κ2) is 8.82. The Morgan fingerprint density at radius 1 is 1.60 bits per heavy atom. The predicted octanol–water partition coefficient (Wildman–Crippen LogP) is -0.490. The molecule has 0 amide bonds. The van der Waals surface area contributed by atoms with Crippen LogP contribution in [-0.4, -0.2) is 16.8 Å². The minimum atomic E-state index is -0.250. The summed E-state index contributed by atoms with van der Waals surface area (Å²) in [7, 11) is 0. The summed E-state index contributed by atoms with van der Waals surface area (Å²) in [5, 5.41) is 15.1. The molecule has 0 aliphatic carbocycles. The van der Waals surface area contributed by atoms with E-state index in [2.05, 4.69) is 0 Å². The molecule has 0 aromatic rings. The van der Waals surface area contributed by atoms with Gasteiger partial charge in [-0.15, -0.1) is 0 Å². The summed E-state index contributed by atoms with van der Waals surface area (Å²) in [5.41, 5.74) is 0. The molecule has 0 bridgehead atoms. The van der Waals surface area contributed by atoms with Crippen LogP contribution in [0.2, 0.25) is 0 Å². The minimum absolute atomic E-state index is 0. The second-order valence-electron chi connectivity index (χ2n) is 0.365. The molecule has 0 saturated carbocycles. The van der Waals surface area contributed by atoms with Crippen molar-refractivity contribution in [3.63, 3.8) is 0 Å². The normalized spacial score (nSPS) is 6.00. The van der Waals surface area contributed by atoms with Crippen molar-refractivity contribution in [2.24, 2.45) is 0 Å². The fourth-order valence-electron chi connectivity index (χ4n) is 0. The van der Waals surface area contributed by atoms with Crippen molar-refractivity contribution in [3.8, 4) is 0 Å². The van der Waals surface area contributed by atoms with Gasteiger partial charge in [-0.2, -0.15) is 6.61 Å². The van der Waals surface area contributed by atoms with Gasteiger partial charge in [-0.05, 0) is 0 Å². The Hall–Kier alpha value is 0.504. The van der Waals surface area contributed by atoms with Crippen molar-refractivity contribution in [2.75, 3.05) is 6.61 Å². The van der Waals surface area contributed by atoms with Crippen molar-refractivity contribution in [3.05, 3.63) is 6.61 Å². The van der Waals surface area contributed by atoms with E-state index in [0.717, 1.165) is 0 Å². The third kappa shape index (κ3) is 12.5. The third-order valence-electron chi connectivity index (χ3n) is 0.0816. The number of rotatable bonds is 1. The van der Waals surface area contributed by atoms with Crippen LogP contribution >= 0.6 is 0 Å². The monoisotopic (exact) mass is 112 g/mol.